The molecule has 1 aliphatic heterocycles. The predicted molar refractivity (Wildman–Crippen MR) is 74.3 cm³/mol. The number of urea groups is 1. The largest absolute Gasteiger partial charge is 0.330 e. The summed E-state index contributed by atoms with van der Waals surface area (Å²) >= 11 is 6.02. The first-order chi connectivity index (χ1) is 9.56. The molecule has 104 valence electrons. The minimum absolute atomic E-state index is 0.183. The Labute approximate surface area is 121 Å². The van der Waals surface area contributed by atoms with Gasteiger partial charge in [0.15, 0.2) is 0 Å². The zero-order chi connectivity index (χ0) is 14.7. The molecule has 1 saturated heterocycles. The fraction of sp³-hybridized carbons (Fsp3) is 0.214. The summed E-state index contributed by atoms with van der Waals surface area (Å²) in [4.78, 5) is 37.0. The minimum atomic E-state index is -1.09. The van der Waals surface area contributed by atoms with Gasteiger partial charge in [0.2, 0.25) is 11.8 Å². The predicted octanol–water partition coefficient (Wildman–Crippen LogP) is 2.08. The number of nitrogens with zero attached hydrogens (tertiary/aromatic N) is 1. The van der Waals surface area contributed by atoms with Crippen molar-refractivity contribution in [1.82, 2.24) is 10.2 Å². The molecule has 0 bridgehead atoms. The molecule has 1 aromatic carbocycles. The normalized spacial score (nSPS) is 18.9. The summed E-state index contributed by atoms with van der Waals surface area (Å²) in [6.07, 6.45) is 2.06. The van der Waals surface area contributed by atoms with E-state index in [1.807, 2.05) is 0 Å². The molecule has 1 N–H and O–H groups in total. The molecule has 0 aromatic heterocycles. The number of barbiturate groups is 1. The molecular formula is C14H13ClN2O3. The van der Waals surface area contributed by atoms with Crippen molar-refractivity contribution in [2.75, 3.05) is 6.54 Å². The Morgan fingerprint density at radius 3 is 2.65 bits per heavy atom. The lowest BCUT2D eigenvalue weighted by atomic mass is 9.95. The van der Waals surface area contributed by atoms with Crippen LogP contribution in [0.5, 0.6) is 0 Å². The van der Waals surface area contributed by atoms with E-state index in [4.69, 9.17) is 11.6 Å². The summed E-state index contributed by atoms with van der Waals surface area (Å²) in [6.45, 7) is 3.73. The highest BCUT2D eigenvalue weighted by Gasteiger charge is 2.41. The first-order valence-electron chi connectivity index (χ1n) is 6.07. The Morgan fingerprint density at radius 1 is 1.30 bits per heavy atom. The van der Waals surface area contributed by atoms with Crippen molar-refractivity contribution in [2.45, 2.75) is 12.3 Å². The number of imide groups is 2. The summed E-state index contributed by atoms with van der Waals surface area (Å²) in [5.74, 6) is -2.30. The highest BCUT2D eigenvalue weighted by molar-refractivity contribution is 6.32. The lowest BCUT2D eigenvalue weighted by Crippen LogP contribution is -2.57. The van der Waals surface area contributed by atoms with E-state index in [2.05, 4.69) is 11.9 Å². The first-order valence-corrected chi connectivity index (χ1v) is 6.45. The maximum absolute atomic E-state index is 12.4. The molecule has 1 atom stereocenters. The molecule has 1 aliphatic rings. The number of carbonyl (C=O) groups is 3. The van der Waals surface area contributed by atoms with Crippen molar-refractivity contribution in [2.24, 2.45) is 0 Å². The second-order valence-corrected chi connectivity index (χ2v) is 4.72. The van der Waals surface area contributed by atoms with Crippen LogP contribution in [-0.4, -0.2) is 29.3 Å². The summed E-state index contributed by atoms with van der Waals surface area (Å²) in [5.41, 5.74) is 0.396. The molecule has 0 aliphatic carbocycles. The van der Waals surface area contributed by atoms with Crippen molar-refractivity contribution < 1.29 is 14.4 Å². The third kappa shape index (κ3) is 2.58. The molecule has 1 fully saturated rings. The fourth-order valence-corrected chi connectivity index (χ4v) is 2.27. The van der Waals surface area contributed by atoms with Gasteiger partial charge in [-0.05, 0) is 18.1 Å². The average Bonchev–Trinajstić information content (AvgIpc) is 2.40. The Balaban J connectivity index is 2.35. The summed E-state index contributed by atoms with van der Waals surface area (Å²) in [6, 6.07) is 5.89. The van der Waals surface area contributed by atoms with Crippen LogP contribution in [0.1, 0.15) is 17.9 Å². The zero-order valence-electron chi connectivity index (χ0n) is 10.6. The molecule has 6 heteroatoms. The number of nitrogens with one attached hydrogen (secondary N) is 1. The number of halogens is 1. The van der Waals surface area contributed by atoms with Crippen LogP contribution in [-0.2, 0) is 9.59 Å². The van der Waals surface area contributed by atoms with E-state index in [-0.39, 0.29) is 6.54 Å². The van der Waals surface area contributed by atoms with Crippen LogP contribution in [0.25, 0.3) is 0 Å². The Hall–Kier alpha value is -2.14. The van der Waals surface area contributed by atoms with Gasteiger partial charge in [0.25, 0.3) is 0 Å². The van der Waals surface area contributed by atoms with Crippen molar-refractivity contribution in [3.63, 3.8) is 0 Å². The number of hydrogen-bond donors (Lipinski definition) is 1. The van der Waals surface area contributed by atoms with E-state index in [1.54, 1.807) is 30.3 Å². The highest BCUT2D eigenvalue weighted by atomic mass is 35.5. The smallest absolute Gasteiger partial charge is 0.277 e. The Kier molecular flexibility index (Phi) is 4.20. The Morgan fingerprint density at radius 2 is 2.00 bits per heavy atom. The maximum Gasteiger partial charge on any atom is 0.330 e. The van der Waals surface area contributed by atoms with Gasteiger partial charge in [0.1, 0.15) is 5.92 Å². The third-order valence-electron chi connectivity index (χ3n) is 3.02. The van der Waals surface area contributed by atoms with Gasteiger partial charge in [-0.3, -0.25) is 19.8 Å². The number of benzene rings is 1. The van der Waals surface area contributed by atoms with Crippen LogP contribution in [0.4, 0.5) is 4.79 Å². The summed E-state index contributed by atoms with van der Waals surface area (Å²) in [7, 11) is 0. The monoisotopic (exact) mass is 292 g/mol. The number of hydrogen-bond acceptors (Lipinski definition) is 3. The molecule has 0 radical (unpaired) electrons. The molecule has 1 aromatic rings. The molecule has 20 heavy (non-hydrogen) atoms. The molecule has 0 saturated carbocycles. The molecule has 0 spiro atoms. The van der Waals surface area contributed by atoms with Gasteiger partial charge >= 0.3 is 6.03 Å². The Bertz CT molecular complexity index is 586. The van der Waals surface area contributed by atoms with E-state index in [1.165, 1.54) is 0 Å². The molecule has 1 heterocycles. The average molecular weight is 293 g/mol. The first kappa shape index (κ1) is 14.3. The highest BCUT2D eigenvalue weighted by Crippen LogP contribution is 2.28. The fourth-order valence-electron chi connectivity index (χ4n) is 2.03. The van der Waals surface area contributed by atoms with Gasteiger partial charge in [-0.2, -0.15) is 0 Å². The van der Waals surface area contributed by atoms with Crippen molar-refractivity contribution >= 4 is 29.4 Å². The molecule has 1 unspecified atom stereocenters. The van der Waals surface area contributed by atoms with Crippen molar-refractivity contribution in [3.8, 4) is 0 Å². The van der Waals surface area contributed by atoms with Gasteiger partial charge in [-0.15, -0.1) is 6.58 Å². The van der Waals surface area contributed by atoms with E-state index < -0.39 is 23.8 Å². The van der Waals surface area contributed by atoms with Crippen LogP contribution in [0, 0.1) is 0 Å². The SMILES string of the molecule is C=CCCN1C(=O)NC(=O)C(c2ccccc2Cl)C1=O. The van der Waals surface area contributed by atoms with Crippen LogP contribution < -0.4 is 5.32 Å². The summed E-state index contributed by atoms with van der Waals surface area (Å²) in [5, 5.41) is 2.50. The van der Waals surface area contributed by atoms with Crippen LogP contribution in [0.3, 0.4) is 0 Å². The van der Waals surface area contributed by atoms with E-state index in [0.717, 1.165) is 4.90 Å². The van der Waals surface area contributed by atoms with Crippen LogP contribution in [0.2, 0.25) is 5.02 Å². The van der Waals surface area contributed by atoms with Gasteiger partial charge in [0, 0.05) is 11.6 Å². The zero-order valence-corrected chi connectivity index (χ0v) is 11.4. The number of amides is 4. The second kappa shape index (κ2) is 5.88. The second-order valence-electron chi connectivity index (χ2n) is 4.32. The molecule has 5 nitrogen and oxygen atoms in total. The van der Waals surface area contributed by atoms with Gasteiger partial charge in [0.05, 0.1) is 0 Å². The van der Waals surface area contributed by atoms with Crippen LogP contribution >= 0.6 is 11.6 Å². The van der Waals surface area contributed by atoms with Crippen LogP contribution in [0.15, 0.2) is 36.9 Å². The van der Waals surface area contributed by atoms with E-state index in [0.29, 0.717) is 17.0 Å². The van der Waals surface area contributed by atoms with E-state index >= 15 is 0 Å². The van der Waals surface area contributed by atoms with Crippen molar-refractivity contribution in [3.05, 3.63) is 47.5 Å². The van der Waals surface area contributed by atoms with Gasteiger partial charge < -0.3 is 0 Å². The topological polar surface area (TPSA) is 66.5 Å². The summed E-state index contributed by atoms with van der Waals surface area (Å²) < 4.78 is 0. The molecular weight excluding hydrogens is 280 g/mol. The van der Waals surface area contributed by atoms with Crippen molar-refractivity contribution in [1.29, 1.82) is 0 Å². The third-order valence-corrected chi connectivity index (χ3v) is 3.37. The number of rotatable bonds is 4. The van der Waals surface area contributed by atoms with Gasteiger partial charge in [-0.25, -0.2) is 4.79 Å². The quantitative estimate of drug-likeness (QED) is 0.682. The lowest BCUT2D eigenvalue weighted by molar-refractivity contribution is -0.138. The lowest BCUT2D eigenvalue weighted by Gasteiger charge is -2.30. The number of carbonyl (C=O) groups excluding carboxylic acids is 3. The molecule has 4 amide bonds. The molecule has 2 rings (SSSR count). The maximum atomic E-state index is 12.4. The minimum Gasteiger partial charge on any atom is -0.277 e. The van der Waals surface area contributed by atoms with Gasteiger partial charge in [-0.1, -0.05) is 35.9 Å². The van der Waals surface area contributed by atoms with E-state index in [9.17, 15) is 14.4 Å². The standard InChI is InChI=1S/C14H13ClN2O3/c1-2-3-8-17-13(19)11(12(18)16-14(17)20)9-6-4-5-7-10(9)15/h2,4-7,11H,1,3,8H2,(H,16,18,20).